The summed E-state index contributed by atoms with van der Waals surface area (Å²) in [4.78, 5) is 31.3. The summed E-state index contributed by atoms with van der Waals surface area (Å²) >= 11 is 0. The van der Waals surface area contributed by atoms with Crippen molar-refractivity contribution in [2.45, 2.75) is 39.2 Å². The van der Waals surface area contributed by atoms with Gasteiger partial charge in [-0.25, -0.2) is 13.5 Å². The molecule has 0 aliphatic carbocycles. The van der Waals surface area contributed by atoms with Gasteiger partial charge < -0.3 is 20.1 Å². The number of hydrogen-bond donors (Lipinski definition) is 2. The Balaban J connectivity index is 1.44. The number of piperazine rings is 1. The Hall–Kier alpha value is -4.06. The van der Waals surface area contributed by atoms with Crippen molar-refractivity contribution in [2.75, 3.05) is 43.0 Å². The van der Waals surface area contributed by atoms with Gasteiger partial charge in [0.1, 0.15) is 24.6 Å². The molecule has 0 bridgehead atoms. The van der Waals surface area contributed by atoms with E-state index in [0.29, 0.717) is 32.6 Å². The molecule has 2 aromatic carbocycles. The van der Waals surface area contributed by atoms with Crippen LogP contribution in [0.25, 0.3) is 5.69 Å². The van der Waals surface area contributed by atoms with E-state index in [1.54, 1.807) is 0 Å². The summed E-state index contributed by atoms with van der Waals surface area (Å²) in [5, 5.41) is 16.7. The number of rotatable bonds is 10. The van der Waals surface area contributed by atoms with Gasteiger partial charge in [-0.15, -0.1) is 5.10 Å². The highest BCUT2D eigenvalue weighted by Gasteiger charge is 2.35. The van der Waals surface area contributed by atoms with Gasteiger partial charge in [-0.3, -0.25) is 14.5 Å². The van der Waals surface area contributed by atoms with Crippen molar-refractivity contribution in [1.82, 2.24) is 19.7 Å². The number of nitrogens with one attached hydrogen (secondary N) is 1. The van der Waals surface area contributed by atoms with E-state index < -0.39 is 29.1 Å². The first-order valence-electron chi connectivity index (χ1n) is 12.6. The zero-order chi connectivity index (χ0) is 28.2. The fraction of sp³-hybridized carbons (Fsp3) is 0.407. The molecule has 1 aliphatic rings. The number of halogens is 2. The van der Waals surface area contributed by atoms with E-state index in [4.69, 9.17) is 4.74 Å². The van der Waals surface area contributed by atoms with Crippen LogP contribution in [0.4, 0.5) is 26.1 Å². The van der Waals surface area contributed by atoms with Gasteiger partial charge in [-0.1, -0.05) is 0 Å². The minimum absolute atomic E-state index is 0.0111. The van der Waals surface area contributed by atoms with Gasteiger partial charge in [0.05, 0.1) is 11.2 Å². The molecule has 1 unspecified atom stereocenters. The number of carbonyl (C=O) groups excluding carboxylic acids is 1. The minimum Gasteiger partial charge on any atom is -0.481 e. The normalized spacial score (nSPS) is 15.6. The van der Waals surface area contributed by atoms with Gasteiger partial charge in [0.25, 0.3) is 0 Å². The van der Waals surface area contributed by atoms with Crippen molar-refractivity contribution in [3.63, 3.8) is 0 Å². The number of carbonyl (C=O) groups is 2. The first-order chi connectivity index (χ1) is 18.5. The summed E-state index contributed by atoms with van der Waals surface area (Å²) in [6, 6.07) is 9.14. The number of benzene rings is 2. The quantitative estimate of drug-likeness (QED) is 0.368. The fourth-order valence-corrected chi connectivity index (χ4v) is 4.72. The number of aliphatic carboxylic acids is 1. The molecule has 3 aromatic rings. The van der Waals surface area contributed by atoms with Crippen LogP contribution in [-0.2, 0) is 14.3 Å². The van der Waals surface area contributed by atoms with Crippen LogP contribution >= 0.6 is 0 Å². The summed E-state index contributed by atoms with van der Waals surface area (Å²) in [7, 11) is 0. The van der Waals surface area contributed by atoms with Crippen molar-refractivity contribution in [3.05, 3.63) is 59.9 Å². The Morgan fingerprint density at radius 1 is 1.05 bits per heavy atom. The molecule has 39 heavy (non-hydrogen) atoms. The molecular weight excluding hydrogens is 510 g/mol. The van der Waals surface area contributed by atoms with Crippen LogP contribution < -0.4 is 10.2 Å². The lowest BCUT2D eigenvalue weighted by molar-refractivity contribution is -0.146. The molecule has 0 radical (unpaired) electrons. The Bertz CT molecular complexity index is 1300. The number of hydrogen-bond acceptors (Lipinski definition) is 8. The molecule has 1 fully saturated rings. The monoisotopic (exact) mass is 542 g/mol. The molecule has 12 heteroatoms. The van der Waals surface area contributed by atoms with Gasteiger partial charge in [-0.2, -0.15) is 4.98 Å². The lowest BCUT2D eigenvalue weighted by atomic mass is 9.93. The third kappa shape index (κ3) is 7.29. The molecule has 1 atom stereocenters. The number of aryl methyl sites for hydroxylation is 1. The molecule has 1 aromatic heterocycles. The first kappa shape index (κ1) is 28.0. The topological polar surface area (TPSA) is 113 Å². The second kappa shape index (κ2) is 11.8. The van der Waals surface area contributed by atoms with Gasteiger partial charge >= 0.3 is 11.9 Å². The highest BCUT2D eigenvalue weighted by Crippen LogP contribution is 2.29. The number of aromatic nitrogens is 3. The Morgan fingerprint density at radius 3 is 2.38 bits per heavy atom. The van der Waals surface area contributed by atoms with Crippen molar-refractivity contribution in [1.29, 1.82) is 0 Å². The summed E-state index contributed by atoms with van der Waals surface area (Å²) in [5.74, 6) is -2.40. The molecule has 0 saturated carbocycles. The van der Waals surface area contributed by atoms with Crippen LogP contribution in [0.15, 0.2) is 42.7 Å². The maximum Gasteiger partial charge on any atom is 0.303 e. The van der Waals surface area contributed by atoms with Crippen LogP contribution in [0.1, 0.15) is 32.3 Å². The van der Waals surface area contributed by atoms with Gasteiger partial charge in [0.15, 0.2) is 0 Å². The molecule has 1 saturated heterocycles. The number of carboxylic acid groups (broad SMARTS) is 1. The average molecular weight is 543 g/mol. The van der Waals surface area contributed by atoms with Gasteiger partial charge in [0, 0.05) is 57.0 Å². The largest absolute Gasteiger partial charge is 0.481 e. The van der Waals surface area contributed by atoms with E-state index in [2.05, 4.69) is 31.3 Å². The van der Waals surface area contributed by atoms with Crippen LogP contribution in [-0.4, -0.2) is 75.0 Å². The Kier molecular flexibility index (Phi) is 8.44. The van der Waals surface area contributed by atoms with E-state index in [9.17, 15) is 23.5 Å². The smallest absolute Gasteiger partial charge is 0.303 e. The molecule has 2 heterocycles. The molecule has 0 spiro atoms. The van der Waals surface area contributed by atoms with Crippen LogP contribution in [0.2, 0.25) is 0 Å². The SMILES string of the molecule is CC(=O)OCC(C)(CCC(=O)O)N1CCN(c2cc(C)cc(Nc3ncn(-c4cc(F)cc(F)c4)n3)c2)CC1. The van der Waals surface area contributed by atoms with E-state index >= 15 is 0 Å². The maximum atomic E-state index is 13.6. The molecule has 208 valence electrons. The van der Waals surface area contributed by atoms with Crippen LogP contribution in [0.5, 0.6) is 0 Å². The van der Waals surface area contributed by atoms with Crippen molar-refractivity contribution >= 4 is 29.3 Å². The fourth-order valence-electron chi connectivity index (χ4n) is 4.72. The summed E-state index contributed by atoms with van der Waals surface area (Å²) in [6.07, 6.45) is 1.74. The van der Waals surface area contributed by atoms with Gasteiger partial charge in [0.2, 0.25) is 5.95 Å². The average Bonchev–Trinajstić information content (AvgIpc) is 3.34. The molecule has 1 aliphatic heterocycles. The number of esters is 1. The minimum atomic E-state index is -0.884. The predicted molar refractivity (Wildman–Crippen MR) is 141 cm³/mol. The third-order valence-corrected chi connectivity index (χ3v) is 6.79. The van der Waals surface area contributed by atoms with Crippen molar-refractivity contribution in [2.24, 2.45) is 0 Å². The number of nitrogens with zero attached hydrogens (tertiary/aromatic N) is 5. The summed E-state index contributed by atoms with van der Waals surface area (Å²) in [6.45, 7) is 8.14. The second-order valence-electron chi connectivity index (χ2n) is 9.97. The third-order valence-electron chi connectivity index (χ3n) is 6.79. The molecular formula is C27H32F2N6O4. The molecule has 4 rings (SSSR count). The standard InChI is InChI=1S/C27H32F2N6O4/c1-18-10-22(31-26-30-17-35(32-26)24-13-20(28)12-21(29)14-24)15-23(11-18)33-6-8-34(9-7-33)27(3,5-4-25(37)38)16-39-19(2)36/h10-15,17H,4-9,16H2,1-3H3,(H,31,32)(H,37,38). The number of anilines is 3. The van der Waals surface area contributed by atoms with Gasteiger partial charge in [-0.05, 0) is 56.2 Å². The molecule has 2 N–H and O–H groups in total. The van der Waals surface area contributed by atoms with Crippen molar-refractivity contribution in [3.8, 4) is 5.69 Å². The first-order valence-corrected chi connectivity index (χ1v) is 12.6. The highest BCUT2D eigenvalue weighted by atomic mass is 19.1. The zero-order valence-electron chi connectivity index (χ0n) is 22.2. The molecule has 0 amide bonds. The maximum absolute atomic E-state index is 13.6. The van der Waals surface area contributed by atoms with E-state index in [1.165, 1.54) is 30.1 Å². The highest BCUT2D eigenvalue weighted by molar-refractivity contribution is 5.67. The van der Waals surface area contributed by atoms with Crippen LogP contribution in [0.3, 0.4) is 0 Å². The second-order valence-corrected chi connectivity index (χ2v) is 9.97. The predicted octanol–water partition coefficient (Wildman–Crippen LogP) is 3.91. The number of carboxylic acids is 1. The zero-order valence-corrected chi connectivity index (χ0v) is 22.2. The van der Waals surface area contributed by atoms with E-state index in [1.807, 2.05) is 26.0 Å². The number of ether oxygens (including phenoxy) is 1. The lowest BCUT2D eigenvalue weighted by Gasteiger charge is -2.46. The molecule has 10 nitrogen and oxygen atoms in total. The van der Waals surface area contributed by atoms with E-state index in [-0.39, 0.29) is 24.7 Å². The Morgan fingerprint density at radius 2 is 1.74 bits per heavy atom. The van der Waals surface area contributed by atoms with E-state index in [0.717, 1.165) is 23.0 Å². The summed E-state index contributed by atoms with van der Waals surface area (Å²) in [5.41, 5.74) is 2.42. The van der Waals surface area contributed by atoms with Crippen LogP contribution in [0, 0.1) is 18.6 Å². The Labute approximate surface area is 225 Å². The summed E-state index contributed by atoms with van der Waals surface area (Å²) < 4.78 is 33.8. The lowest BCUT2D eigenvalue weighted by Crippen LogP contribution is -2.58. The van der Waals surface area contributed by atoms with Crippen molar-refractivity contribution < 1.29 is 28.2 Å².